The van der Waals surface area contributed by atoms with E-state index in [1.165, 1.54) is 0 Å². The second-order valence-electron chi connectivity index (χ2n) is 8.10. The van der Waals surface area contributed by atoms with Crippen molar-refractivity contribution in [2.24, 2.45) is 0 Å². The third-order valence-electron chi connectivity index (χ3n) is 5.84. The van der Waals surface area contributed by atoms with Gasteiger partial charge < -0.3 is 14.6 Å². The summed E-state index contributed by atoms with van der Waals surface area (Å²) in [5.74, 6) is 1.66. The lowest BCUT2D eigenvalue weighted by Gasteiger charge is -2.20. The number of aryl methyl sites for hydroxylation is 1. The van der Waals surface area contributed by atoms with Crippen molar-refractivity contribution >= 4 is 28.8 Å². The average Bonchev–Trinajstić information content (AvgIpc) is 2.98. The molecule has 6 nitrogen and oxygen atoms in total. The Morgan fingerprint density at radius 1 is 1.40 bits per heavy atom. The molecule has 0 spiro atoms. The molecule has 1 aromatic carbocycles. The van der Waals surface area contributed by atoms with Crippen LogP contribution in [0.4, 0.5) is 5.82 Å². The summed E-state index contributed by atoms with van der Waals surface area (Å²) in [6.45, 7) is 6.35. The maximum atomic E-state index is 12.6. The van der Waals surface area contributed by atoms with Gasteiger partial charge >= 0.3 is 0 Å². The fourth-order valence-electron chi connectivity index (χ4n) is 3.69. The molecular formula is C24H28N4O2. The topological polar surface area (TPSA) is 61.6 Å². The van der Waals surface area contributed by atoms with Crippen LogP contribution in [0.15, 0.2) is 47.0 Å². The van der Waals surface area contributed by atoms with E-state index in [2.05, 4.69) is 35.2 Å². The summed E-state index contributed by atoms with van der Waals surface area (Å²) in [5.41, 5.74) is 3.99. The Balaban J connectivity index is 1.45. The molecule has 0 saturated carbocycles. The number of likely N-dealkylation sites (N-methyl/N-ethyl adjacent to an activating group) is 2. The molecule has 1 aliphatic rings. The van der Waals surface area contributed by atoms with Gasteiger partial charge in [-0.25, -0.2) is 4.98 Å². The van der Waals surface area contributed by atoms with E-state index < -0.39 is 0 Å². The van der Waals surface area contributed by atoms with Crippen LogP contribution in [0.5, 0.6) is 0 Å². The summed E-state index contributed by atoms with van der Waals surface area (Å²) in [4.78, 5) is 21.1. The van der Waals surface area contributed by atoms with Crippen molar-refractivity contribution in [1.29, 1.82) is 0 Å². The van der Waals surface area contributed by atoms with Gasteiger partial charge in [0.25, 0.3) is 0 Å². The molecule has 0 bridgehead atoms. The van der Waals surface area contributed by atoms with Crippen molar-refractivity contribution in [2.75, 3.05) is 26.0 Å². The molecule has 6 heteroatoms. The number of nitrogens with zero attached hydrogens (tertiary/aromatic N) is 3. The smallest absolute Gasteiger partial charge is 0.246 e. The maximum absolute atomic E-state index is 12.6. The third kappa shape index (κ3) is 4.09. The Morgan fingerprint density at radius 2 is 2.20 bits per heavy atom. The molecule has 4 rings (SSSR count). The van der Waals surface area contributed by atoms with Crippen molar-refractivity contribution in [1.82, 2.24) is 14.8 Å². The zero-order valence-electron chi connectivity index (χ0n) is 18.0. The van der Waals surface area contributed by atoms with Crippen LogP contribution < -0.4 is 5.32 Å². The number of carbonyl (C=O) groups excluding carboxylic acids is 1. The van der Waals surface area contributed by atoms with Crippen molar-refractivity contribution in [3.8, 4) is 0 Å². The number of hydrogen-bond donors (Lipinski definition) is 1. The number of anilines is 1. The monoisotopic (exact) mass is 404 g/mol. The minimum atomic E-state index is -0.0753. The van der Waals surface area contributed by atoms with Gasteiger partial charge in [-0.2, -0.15) is 0 Å². The minimum Gasteiger partial charge on any atom is -0.459 e. The number of carbonyl (C=O) groups is 1. The third-order valence-corrected chi connectivity index (χ3v) is 5.84. The van der Waals surface area contributed by atoms with E-state index in [0.717, 1.165) is 52.3 Å². The molecule has 0 fully saturated rings. The Morgan fingerprint density at radius 3 is 3.00 bits per heavy atom. The van der Waals surface area contributed by atoms with Crippen LogP contribution in [0, 0.1) is 6.92 Å². The molecule has 1 unspecified atom stereocenters. The Kier molecular flexibility index (Phi) is 5.59. The van der Waals surface area contributed by atoms with Gasteiger partial charge in [0.1, 0.15) is 17.2 Å². The Hall–Kier alpha value is -3.12. The second kappa shape index (κ2) is 8.32. The first-order valence-corrected chi connectivity index (χ1v) is 10.3. The molecule has 0 aliphatic carbocycles. The van der Waals surface area contributed by atoms with Crippen LogP contribution in [-0.4, -0.2) is 47.4 Å². The summed E-state index contributed by atoms with van der Waals surface area (Å²) >= 11 is 0. The van der Waals surface area contributed by atoms with Crippen LogP contribution in [0.25, 0.3) is 17.0 Å². The van der Waals surface area contributed by atoms with E-state index in [1.807, 2.05) is 37.3 Å². The number of para-hydroxylation sites is 1. The molecule has 1 atom stereocenters. The SMILES string of the molecule is Cc1c(CN(C)C(=O)/C=C/c2cnc3c(c2)CN(C)C(C)CN3)oc2ccccc12. The zero-order chi connectivity index (χ0) is 21.3. The quantitative estimate of drug-likeness (QED) is 0.665. The summed E-state index contributed by atoms with van der Waals surface area (Å²) < 4.78 is 5.94. The molecule has 0 saturated heterocycles. The average molecular weight is 405 g/mol. The molecule has 1 aliphatic heterocycles. The lowest BCUT2D eigenvalue weighted by atomic mass is 10.1. The highest BCUT2D eigenvalue weighted by atomic mass is 16.3. The molecule has 2 aromatic heterocycles. The Bertz CT molecular complexity index is 1100. The first-order valence-electron chi connectivity index (χ1n) is 10.3. The number of amides is 1. The number of nitrogens with one attached hydrogen (secondary N) is 1. The van der Waals surface area contributed by atoms with Crippen LogP contribution in [0.2, 0.25) is 0 Å². The van der Waals surface area contributed by atoms with Gasteiger partial charge in [-0.15, -0.1) is 0 Å². The van der Waals surface area contributed by atoms with E-state index in [-0.39, 0.29) is 5.91 Å². The molecule has 156 valence electrons. The van der Waals surface area contributed by atoms with Crippen LogP contribution in [-0.2, 0) is 17.9 Å². The maximum Gasteiger partial charge on any atom is 0.246 e. The number of rotatable bonds is 4. The number of benzene rings is 1. The van der Waals surface area contributed by atoms with Gasteiger partial charge in [0.05, 0.1) is 6.54 Å². The fraction of sp³-hybridized carbons (Fsp3) is 0.333. The van der Waals surface area contributed by atoms with Gasteiger partial charge in [0, 0.05) is 55.0 Å². The molecule has 3 aromatic rings. The number of furan rings is 1. The molecule has 3 heterocycles. The molecule has 1 N–H and O–H groups in total. The molecule has 0 radical (unpaired) electrons. The van der Waals surface area contributed by atoms with Crippen LogP contribution in [0.1, 0.15) is 29.4 Å². The lowest BCUT2D eigenvalue weighted by Crippen LogP contribution is -2.31. The fourth-order valence-corrected chi connectivity index (χ4v) is 3.69. The van der Waals surface area contributed by atoms with E-state index in [9.17, 15) is 4.79 Å². The lowest BCUT2D eigenvalue weighted by molar-refractivity contribution is -0.125. The minimum absolute atomic E-state index is 0.0753. The van der Waals surface area contributed by atoms with Crippen LogP contribution >= 0.6 is 0 Å². The standard InChI is InChI=1S/C24H28N4O2/c1-16-12-25-24-19(14-27(16)3)11-18(13-26-24)9-10-23(29)28(4)15-22-17(2)20-7-5-6-8-21(20)30-22/h5-11,13,16H,12,14-15H2,1-4H3,(H,25,26)/b10-9+. The van der Waals surface area contributed by atoms with Crippen molar-refractivity contribution in [2.45, 2.75) is 33.0 Å². The summed E-state index contributed by atoms with van der Waals surface area (Å²) in [7, 11) is 3.90. The van der Waals surface area contributed by atoms with Gasteiger partial charge in [-0.3, -0.25) is 9.69 Å². The molecular weight excluding hydrogens is 376 g/mol. The number of fused-ring (bicyclic) bond motifs is 2. The van der Waals surface area contributed by atoms with E-state index in [4.69, 9.17) is 4.42 Å². The summed E-state index contributed by atoms with van der Waals surface area (Å²) in [6.07, 6.45) is 5.22. The first kappa shape index (κ1) is 20.2. The van der Waals surface area contributed by atoms with Crippen molar-refractivity contribution in [3.05, 3.63) is 65.1 Å². The predicted octanol–water partition coefficient (Wildman–Crippen LogP) is 4.05. The van der Waals surface area contributed by atoms with Gasteiger partial charge in [-0.1, -0.05) is 18.2 Å². The van der Waals surface area contributed by atoms with E-state index in [1.54, 1.807) is 24.2 Å². The number of aromatic nitrogens is 1. The Labute approximate surface area is 177 Å². The highest BCUT2D eigenvalue weighted by molar-refractivity contribution is 5.91. The number of hydrogen-bond acceptors (Lipinski definition) is 5. The second-order valence-corrected chi connectivity index (χ2v) is 8.10. The van der Waals surface area contributed by atoms with Crippen molar-refractivity contribution < 1.29 is 9.21 Å². The zero-order valence-corrected chi connectivity index (χ0v) is 18.0. The van der Waals surface area contributed by atoms with E-state index in [0.29, 0.717) is 12.6 Å². The number of pyridine rings is 1. The normalized spacial score (nSPS) is 17.0. The molecule has 30 heavy (non-hydrogen) atoms. The van der Waals surface area contributed by atoms with Gasteiger partial charge in [-0.05, 0) is 44.7 Å². The van der Waals surface area contributed by atoms with Crippen LogP contribution in [0.3, 0.4) is 0 Å². The summed E-state index contributed by atoms with van der Waals surface area (Å²) in [6, 6.07) is 10.5. The van der Waals surface area contributed by atoms with Crippen molar-refractivity contribution in [3.63, 3.8) is 0 Å². The van der Waals surface area contributed by atoms with E-state index >= 15 is 0 Å². The predicted molar refractivity (Wildman–Crippen MR) is 120 cm³/mol. The van der Waals surface area contributed by atoms with Gasteiger partial charge in [0.2, 0.25) is 5.91 Å². The highest BCUT2D eigenvalue weighted by Gasteiger charge is 2.18. The largest absolute Gasteiger partial charge is 0.459 e. The highest BCUT2D eigenvalue weighted by Crippen LogP contribution is 2.26. The van der Waals surface area contributed by atoms with Gasteiger partial charge in [0.15, 0.2) is 0 Å². The molecule has 1 amide bonds. The summed E-state index contributed by atoms with van der Waals surface area (Å²) in [5, 5.41) is 4.49. The first-order chi connectivity index (χ1) is 14.4.